The first kappa shape index (κ1) is 18.7. The summed E-state index contributed by atoms with van der Waals surface area (Å²) in [6.07, 6.45) is 0. The van der Waals surface area contributed by atoms with Crippen molar-refractivity contribution in [2.45, 2.75) is 6.92 Å². The molecule has 0 aliphatic rings. The standard InChI is InChI=1S/C20H14N2O6/c1-10(13-4-3-12(20(25)26)9-17(13)22(27)28)16-7-5-15-14(11(2)23)6-8-18(24)19(15)21-16/h3-9,24H,1H2,2H3,(H,25,26). The number of carboxylic acids is 1. The number of carbonyl (C=O) groups is 2. The predicted octanol–water partition coefficient (Wildman–Crippen LogP) is 3.81. The van der Waals surface area contributed by atoms with Crippen LogP contribution in [0.4, 0.5) is 5.69 Å². The second-order valence-corrected chi connectivity index (χ2v) is 6.05. The van der Waals surface area contributed by atoms with E-state index < -0.39 is 16.6 Å². The molecule has 8 nitrogen and oxygen atoms in total. The molecule has 8 heteroatoms. The molecule has 28 heavy (non-hydrogen) atoms. The Hall–Kier alpha value is -4.07. The van der Waals surface area contributed by atoms with Crippen molar-refractivity contribution >= 4 is 33.9 Å². The molecule has 2 N–H and O–H groups in total. The van der Waals surface area contributed by atoms with Crippen LogP contribution in [0.25, 0.3) is 16.5 Å². The Labute approximate surface area is 158 Å². The van der Waals surface area contributed by atoms with E-state index in [-0.39, 0.29) is 39.4 Å². The van der Waals surface area contributed by atoms with Crippen molar-refractivity contribution in [2.75, 3.05) is 0 Å². The number of Topliss-reactive ketones (excluding diaryl/α,β-unsaturated/α-hetero) is 1. The first-order valence-electron chi connectivity index (χ1n) is 8.05. The van der Waals surface area contributed by atoms with Gasteiger partial charge in [-0.3, -0.25) is 14.9 Å². The fourth-order valence-electron chi connectivity index (χ4n) is 2.89. The Bertz CT molecular complexity index is 1180. The van der Waals surface area contributed by atoms with Crippen LogP contribution in [0.1, 0.15) is 38.9 Å². The number of hydrogen-bond acceptors (Lipinski definition) is 6. The molecule has 140 valence electrons. The molecule has 0 amide bonds. The van der Waals surface area contributed by atoms with Crippen molar-refractivity contribution in [1.29, 1.82) is 0 Å². The van der Waals surface area contributed by atoms with Crippen LogP contribution in [-0.2, 0) is 0 Å². The molecule has 3 rings (SSSR count). The van der Waals surface area contributed by atoms with Crippen LogP contribution >= 0.6 is 0 Å². The largest absolute Gasteiger partial charge is 0.506 e. The van der Waals surface area contributed by atoms with Crippen LogP contribution in [0.5, 0.6) is 5.75 Å². The summed E-state index contributed by atoms with van der Waals surface area (Å²) >= 11 is 0. The molecule has 0 radical (unpaired) electrons. The molecule has 0 aliphatic carbocycles. The van der Waals surface area contributed by atoms with Gasteiger partial charge in [-0.15, -0.1) is 0 Å². The van der Waals surface area contributed by atoms with Crippen LogP contribution < -0.4 is 0 Å². The van der Waals surface area contributed by atoms with Gasteiger partial charge in [0.25, 0.3) is 5.69 Å². The van der Waals surface area contributed by atoms with Crippen LogP contribution in [0.3, 0.4) is 0 Å². The van der Waals surface area contributed by atoms with Gasteiger partial charge in [-0.05, 0) is 43.3 Å². The Morgan fingerprint density at radius 3 is 2.39 bits per heavy atom. The van der Waals surface area contributed by atoms with E-state index >= 15 is 0 Å². The number of rotatable bonds is 5. The number of phenolic OH excluding ortho intramolecular Hbond substituents is 1. The van der Waals surface area contributed by atoms with Gasteiger partial charge in [-0.1, -0.05) is 6.58 Å². The lowest BCUT2D eigenvalue weighted by Gasteiger charge is -2.10. The summed E-state index contributed by atoms with van der Waals surface area (Å²) < 4.78 is 0. The van der Waals surface area contributed by atoms with Crippen LogP contribution in [0.15, 0.2) is 49.0 Å². The lowest BCUT2D eigenvalue weighted by Crippen LogP contribution is -2.02. The number of nitro benzene ring substituents is 1. The Morgan fingerprint density at radius 1 is 1.11 bits per heavy atom. The van der Waals surface area contributed by atoms with E-state index in [4.69, 9.17) is 5.11 Å². The third-order valence-corrected chi connectivity index (χ3v) is 4.29. The summed E-state index contributed by atoms with van der Waals surface area (Å²) in [4.78, 5) is 37.9. The van der Waals surface area contributed by atoms with Crippen molar-refractivity contribution in [1.82, 2.24) is 4.98 Å². The quantitative estimate of drug-likeness (QED) is 0.392. The number of pyridine rings is 1. The molecule has 0 atom stereocenters. The first-order valence-corrected chi connectivity index (χ1v) is 8.05. The number of aromatic nitrogens is 1. The van der Waals surface area contributed by atoms with Crippen molar-refractivity contribution in [3.63, 3.8) is 0 Å². The second-order valence-electron chi connectivity index (χ2n) is 6.05. The van der Waals surface area contributed by atoms with Gasteiger partial charge in [0.2, 0.25) is 0 Å². The fourth-order valence-corrected chi connectivity index (χ4v) is 2.89. The number of nitro groups is 1. The topological polar surface area (TPSA) is 131 Å². The van der Waals surface area contributed by atoms with Gasteiger partial charge in [0.1, 0.15) is 11.3 Å². The van der Waals surface area contributed by atoms with Gasteiger partial charge in [0, 0.05) is 22.6 Å². The monoisotopic (exact) mass is 378 g/mol. The van der Waals surface area contributed by atoms with Gasteiger partial charge in [0.15, 0.2) is 5.78 Å². The summed E-state index contributed by atoms with van der Waals surface area (Å²) in [5.41, 5.74) is 0.425. The third kappa shape index (κ3) is 3.18. The zero-order valence-electron chi connectivity index (χ0n) is 14.7. The molecule has 0 saturated carbocycles. The van der Waals surface area contributed by atoms with Crippen molar-refractivity contribution in [3.8, 4) is 5.75 Å². The highest BCUT2D eigenvalue weighted by Crippen LogP contribution is 2.33. The molecule has 0 unspecified atom stereocenters. The predicted molar refractivity (Wildman–Crippen MR) is 102 cm³/mol. The summed E-state index contributed by atoms with van der Waals surface area (Å²) in [5, 5.41) is 31.0. The Kier molecular flexibility index (Phi) is 4.62. The second kappa shape index (κ2) is 6.92. The number of fused-ring (bicyclic) bond motifs is 1. The van der Waals surface area contributed by atoms with Gasteiger partial charge in [-0.2, -0.15) is 0 Å². The lowest BCUT2D eigenvalue weighted by atomic mass is 9.98. The normalized spacial score (nSPS) is 10.6. The van der Waals surface area contributed by atoms with Gasteiger partial charge < -0.3 is 10.2 Å². The summed E-state index contributed by atoms with van der Waals surface area (Å²) in [6.45, 7) is 5.24. The summed E-state index contributed by atoms with van der Waals surface area (Å²) in [6, 6.07) is 9.44. The first-order chi connectivity index (χ1) is 13.2. The molecule has 0 aliphatic heterocycles. The SMILES string of the molecule is C=C(c1ccc2c(C(C)=O)ccc(O)c2n1)c1ccc(C(=O)O)cc1[N+](=O)[O-]. The average Bonchev–Trinajstić information content (AvgIpc) is 2.66. The zero-order chi connectivity index (χ0) is 20.6. The molecule has 1 aromatic heterocycles. The van der Waals surface area contributed by atoms with Crippen LogP contribution in [-0.4, -0.2) is 31.9 Å². The number of aromatic hydroxyl groups is 1. The minimum absolute atomic E-state index is 0.101. The number of aromatic carboxylic acids is 1. The number of ketones is 1. The molecule has 0 saturated heterocycles. The Balaban J connectivity index is 2.17. The summed E-state index contributed by atoms with van der Waals surface area (Å²) in [5.74, 6) is -1.63. The number of phenols is 1. The zero-order valence-corrected chi connectivity index (χ0v) is 14.7. The number of benzene rings is 2. The van der Waals surface area contributed by atoms with Crippen molar-refractivity contribution in [2.24, 2.45) is 0 Å². The van der Waals surface area contributed by atoms with Crippen LogP contribution in [0, 0.1) is 10.1 Å². The van der Waals surface area contributed by atoms with E-state index in [1.807, 2.05) is 0 Å². The maximum Gasteiger partial charge on any atom is 0.335 e. The molecular weight excluding hydrogens is 364 g/mol. The highest BCUT2D eigenvalue weighted by molar-refractivity contribution is 6.07. The minimum atomic E-state index is -1.29. The lowest BCUT2D eigenvalue weighted by molar-refractivity contribution is -0.385. The fraction of sp³-hybridized carbons (Fsp3) is 0.0500. The number of carbonyl (C=O) groups excluding carboxylic acids is 1. The van der Waals surface area contributed by atoms with Gasteiger partial charge in [0.05, 0.1) is 21.7 Å². The van der Waals surface area contributed by atoms with Gasteiger partial charge in [-0.25, -0.2) is 9.78 Å². The maximum atomic E-state index is 11.8. The number of hydrogen-bond donors (Lipinski definition) is 2. The smallest absolute Gasteiger partial charge is 0.335 e. The molecule has 0 fully saturated rings. The highest BCUT2D eigenvalue weighted by atomic mass is 16.6. The third-order valence-electron chi connectivity index (χ3n) is 4.29. The highest BCUT2D eigenvalue weighted by Gasteiger charge is 2.21. The molecule has 3 aromatic rings. The van der Waals surface area contributed by atoms with E-state index in [2.05, 4.69) is 11.6 Å². The number of carboxylic acid groups (broad SMARTS) is 1. The number of nitrogens with zero attached hydrogens (tertiary/aromatic N) is 2. The molecule has 2 aromatic carbocycles. The molecular formula is C20H14N2O6. The minimum Gasteiger partial charge on any atom is -0.506 e. The maximum absolute atomic E-state index is 11.8. The van der Waals surface area contributed by atoms with Crippen molar-refractivity contribution in [3.05, 3.63) is 81.5 Å². The van der Waals surface area contributed by atoms with E-state index in [1.165, 1.54) is 37.3 Å². The molecule has 0 bridgehead atoms. The van der Waals surface area contributed by atoms with E-state index in [0.717, 1.165) is 6.07 Å². The van der Waals surface area contributed by atoms with Gasteiger partial charge >= 0.3 is 5.97 Å². The van der Waals surface area contributed by atoms with E-state index in [0.29, 0.717) is 10.9 Å². The Morgan fingerprint density at radius 2 is 1.79 bits per heavy atom. The van der Waals surface area contributed by atoms with Crippen LogP contribution in [0.2, 0.25) is 0 Å². The van der Waals surface area contributed by atoms with E-state index in [1.54, 1.807) is 6.07 Å². The van der Waals surface area contributed by atoms with Crippen molar-refractivity contribution < 1.29 is 24.7 Å². The molecule has 1 heterocycles. The summed E-state index contributed by atoms with van der Waals surface area (Å²) in [7, 11) is 0. The van der Waals surface area contributed by atoms with E-state index in [9.17, 15) is 24.8 Å². The average molecular weight is 378 g/mol. The molecule has 0 spiro atoms.